The molecule has 0 atom stereocenters. The van der Waals surface area contributed by atoms with Crippen molar-refractivity contribution in [3.05, 3.63) is 55.0 Å². The van der Waals surface area contributed by atoms with E-state index in [0.717, 1.165) is 6.07 Å². The van der Waals surface area contributed by atoms with Crippen LogP contribution in [0.15, 0.2) is 30.3 Å². The molecular weight excluding hydrogens is 387 g/mol. The molecule has 8 heteroatoms. The maximum absolute atomic E-state index is 13.4. The third kappa shape index (κ3) is 3.29. The van der Waals surface area contributed by atoms with E-state index in [-0.39, 0.29) is 22.5 Å². The zero-order chi connectivity index (χ0) is 14.0. The van der Waals surface area contributed by atoms with E-state index in [9.17, 15) is 14.5 Å². The predicted molar refractivity (Wildman–Crippen MR) is 78.3 cm³/mol. The second-order valence-electron chi connectivity index (χ2n) is 3.52. The molecule has 1 heterocycles. The molecule has 0 amide bonds. The van der Waals surface area contributed by atoms with Crippen molar-refractivity contribution in [1.82, 2.24) is 4.98 Å². The van der Waals surface area contributed by atoms with Crippen molar-refractivity contribution in [2.45, 2.75) is 0 Å². The van der Waals surface area contributed by atoms with Crippen LogP contribution in [0.4, 0.5) is 21.6 Å². The summed E-state index contributed by atoms with van der Waals surface area (Å²) in [6.45, 7) is 0. The van der Waals surface area contributed by atoms with E-state index >= 15 is 0 Å². The van der Waals surface area contributed by atoms with Gasteiger partial charge in [-0.15, -0.1) is 0 Å². The highest BCUT2D eigenvalue weighted by Gasteiger charge is 2.12. The molecule has 0 aliphatic heterocycles. The first kappa shape index (κ1) is 13.9. The fourth-order valence-electron chi connectivity index (χ4n) is 1.39. The van der Waals surface area contributed by atoms with Crippen LogP contribution in [0, 0.1) is 19.5 Å². The lowest BCUT2D eigenvalue weighted by atomic mass is 10.3. The van der Waals surface area contributed by atoms with Gasteiger partial charge in [0.2, 0.25) is 0 Å². The number of hydrogen-bond acceptors (Lipinski definition) is 4. The molecule has 0 saturated carbocycles. The molecule has 0 spiro atoms. The van der Waals surface area contributed by atoms with Crippen molar-refractivity contribution in [2.24, 2.45) is 0 Å². The first-order valence-corrected chi connectivity index (χ1v) is 6.46. The monoisotopic (exact) mass is 393 g/mol. The number of nitrogens with zero attached hydrogens (tertiary/aromatic N) is 2. The first-order valence-electron chi connectivity index (χ1n) is 5.00. The van der Waals surface area contributed by atoms with Crippen LogP contribution in [0.1, 0.15) is 0 Å². The molecule has 1 N–H and O–H groups in total. The lowest BCUT2D eigenvalue weighted by molar-refractivity contribution is -0.384. The highest BCUT2D eigenvalue weighted by Crippen LogP contribution is 2.27. The molecule has 0 radical (unpaired) electrons. The van der Waals surface area contributed by atoms with Crippen LogP contribution >= 0.6 is 34.2 Å². The lowest BCUT2D eigenvalue weighted by Gasteiger charge is -2.08. The molecular formula is C11H6ClFIN3O2. The topological polar surface area (TPSA) is 68.1 Å². The standard InChI is InChI=1S/C11H6ClFIN3O2/c12-9-4-6(17(18)19)5-10(16-9)15-8-3-1-2-7(13)11(8)14/h1-5H,(H,15,16). The zero-order valence-electron chi connectivity index (χ0n) is 9.23. The number of nitrogens with one attached hydrogen (secondary N) is 1. The summed E-state index contributed by atoms with van der Waals surface area (Å²) in [6.07, 6.45) is 0. The molecule has 0 aliphatic carbocycles. The number of anilines is 2. The second-order valence-corrected chi connectivity index (χ2v) is 4.98. The predicted octanol–water partition coefficient (Wildman–Crippen LogP) is 4.13. The Morgan fingerprint density at radius 3 is 2.84 bits per heavy atom. The number of aromatic nitrogens is 1. The Kier molecular flexibility index (Phi) is 4.15. The van der Waals surface area contributed by atoms with Gasteiger partial charge in [-0.1, -0.05) is 17.7 Å². The Labute approximate surface area is 126 Å². The number of nitro groups is 1. The van der Waals surface area contributed by atoms with Crippen molar-refractivity contribution in [1.29, 1.82) is 0 Å². The van der Waals surface area contributed by atoms with Crippen molar-refractivity contribution < 1.29 is 9.31 Å². The van der Waals surface area contributed by atoms with Crippen LogP contribution in [-0.4, -0.2) is 9.91 Å². The molecule has 1 aromatic carbocycles. The summed E-state index contributed by atoms with van der Waals surface area (Å²) >= 11 is 7.53. The summed E-state index contributed by atoms with van der Waals surface area (Å²) < 4.78 is 13.7. The second kappa shape index (κ2) is 5.66. The maximum atomic E-state index is 13.4. The summed E-state index contributed by atoms with van der Waals surface area (Å²) in [5.74, 6) is -0.204. The molecule has 98 valence electrons. The maximum Gasteiger partial charge on any atom is 0.276 e. The summed E-state index contributed by atoms with van der Waals surface area (Å²) in [5.41, 5.74) is 0.276. The van der Waals surface area contributed by atoms with Crippen molar-refractivity contribution >= 4 is 51.4 Å². The van der Waals surface area contributed by atoms with Gasteiger partial charge in [0.1, 0.15) is 16.8 Å². The molecule has 0 unspecified atom stereocenters. The van der Waals surface area contributed by atoms with Gasteiger partial charge >= 0.3 is 0 Å². The summed E-state index contributed by atoms with van der Waals surface area (Å²) in [6, 6.07) is 6.86. The van der Waals surface area contributed by atoms with E-state index in [4.69, 9.17) is 11.6 Å². The van der Waals surface area contributed by atoms with Gasteiger partial charge in [0.15, 0.2) is 0 Å². The molecule has 0 bridgehead atoms. The number of rotatable bonds is 3. The smallest absolute Gasteiger partial charge is 0.276 e. The SMILES string of the molecule is O=[N+]([O-])c1cc(Cl)nc(Nc2cccc(F)c2I)c1. The van der Waals surface area contributed by atoms with Gasteiger partial charge in [0, 0.05) is 0 Å². The summed E-state index contributed by atoms with van der Waals surface area (Å²) in [4.78, 5) is 14.0. The fraction of sp³-hybridized carbons (Fsp3) is 0. The van der Waals surface area contributed by atoms with E-state index in [2.05, 4.69) is 10.3 Å². The Balaban J connectivity index is 2.38. The third-order valence-electron chi connectivity index (χ3n) is 2.20. The molecule has 19 heavy (non-hydrogen) atoms. The van der Waals surface area contributed by atoms with Crippen molar-refractivity contribution in [2.75, 3.05) is 5.32 Å². The largest absolute Gasteiger partial charge is 0.339 e. The van der Waals surface area contributed by atoms with Gasteiger partial charge in [0.25, 0.3) is 5.69 Å². The molecule has 2 aromatic rings. The molecule has 5 nitrogen and oxygen atoms in total. The summed E-state index contributed by atoms with van der Waals surface area (Å²) in [5, 5.41) is 13.5. The van der Waals surface area contributed by atoms with Crippen LogP contribution in [0.25, 0.3) is 0 Å². The molecule has 2 rings (SSSR count). The van der Waals surface area contributed by atoms with Gasteiger partial charge in [-0.2, -0.15) is 0 Å². The molecule has 0 saturated heterocycles. The Morgan fingerprint density at radius 1 is 1.42 bits per heavy atom. The zero-order valence-corrected chi connectivity index (χ0v) is 12.1. The normalized spacial score (nSPS) is 10.3. The number of pyridine rings is 1. The van der Waals surface area contributed by atoms with E-state index in [1.54, 1.807) is 6.07 Å². The van der Waals surface area contributed by atoms with Crippen LogP contribution in [0.5, 0.6) is 0 Å². The quantitative estimate of drug-likeness (QED) is 0.368. The minimum Gasteiger partial charge on any atom is -0.339 e. The minimum absolute atomic E-state index is 0.0110. The van der Waals surface area contributed by atoms with Gasteiger partial charge in [-0.3, -0.25) is 10.1 Å². The van der Waals surface area contributed by atoms with Gasteiger partial charge < -0.3 is 5.32 Å². The first-order chi connectivity index (χ1) is 8.97. The van der Waals surface area contributed by atoms with E-state index in [1.807, 2.05) is 22.6 Å². The third-order valence-corrected chi connectivity index (χ3v) is 3.49. The van der Waals surface area contributed by atoms with Gasteiger partial charge in [-0.05, 0) is 34.7 Å². The van der Waals surface area contributed by atoms with Crippen LogP contribution in [0.3, 0.4) is 0 Å². The molecule has 1 aromatic heterocycles. The average Bonchev–Trinajstić information content (AvgIpc) is 2.34. The Morgan fingerprint density at radius 2 is 2.16 bits per heavy atom. The van der Waals surface area contributed by atoms with Crippen molar-refractivity contribution in [3.63, 3.8) is 0 Å². The average molecular weight is 394 g/mol. The van der Waals surface area contributed by atoms with Gasteiger partial charge in [0.05, 0.1) is 26.3 Å². The van der Waals surface area contributed by atoms with E-state index in [0.29, 0.717) is 9.26 Å². The Bertz CT molecular complexity index is 654. The Hall–Kier alpha value is -1.48. The van der Waals surface area contributed by atoms with Crippen LogP contribution in [0.2, 0.25) is 5.15 Å². The van der Waals surface area contributed by atoms with Crippen LogP contribution in [-0.2, 0) is 0 Å². The molecule has 0 aliphatic rings. The van der Waals surface area contributed by atoms with E-state index < -0.39 is 4.92 Å². The fourth-order valence-corrected chi connectivity index (χ4v) is 2.09. The van der Waals surface area contributed by atoms with E-state index in [1.165, 1.54) is 18.2 Å². The van der Waals surface area contributed by atoms with Gasteiger partial charge in [-0.25, -0.2) is 9.37 Å². The highest BCUT2D eigenvalue weighted by atomic mass is 127. The molecule has 0 fully saturated rings. The van der Waals surface area contributed by atoms with Crippen molar-refractivity contribution in [3.8, 4) is 0 Å². The lowest BCUT2D eigenvalue weighted by Crippen LogP contribution is -1.99. The minimum atomic E-state index is -0.574. The highest BCUT2D eigenvalue weighted by molar-refractivity contribution is 14.1. The van der Waals surface area contributed by atoms with Crippen LogP contribution < -0.4 is 5.32 Å². The summed E-state index contributed by atoms with van der Waals surface area (Å²) in [7, 11) is 0. The number of hydrogen-bond donors (Lipinski definition) is 1. The number of halogens is 3. The number of benzene rings is 1.